The van der Waals surface area contributed by atoms with Gasteiger partial charge in [-0.25, -0.2) is 0 Å². The van der Waals surface area contributed by atoms with Crippen molar-refractivity contribution in [3.8, 4) is 0 Å². The molecule has 0 unspecified atom stereocenters. The predicted molar refractivity (Wildman–Crippen MR) is 69.4 cm³/mol. The molecule has 2 rings (SSSR count). The topological polar surface area (TPSA) is 35.5 Å². The Morgan fingerprint density at radius 3 is 2.72 bits per heavy atom. The van der Waals surface area contributed by atoms with Gasteiger partial charge < -0.3 is 9.47 Å². The lowest BCUT2D eigenvalue weighted by atomic mass is 9.96. The van der Waals surface area contributed by atoms with Crippen molar-refractivity contribution in [3.05, 3.63) is 35.9 Å². The van der Waals surface area contributed by atoms with Gasteiger partial charge >= 0.3 is 5.97 Å². The maximum absolute atomic E-state index is 12.0. The molecule has 1 aliphatic carbocycles. The number of benzene rings is 1. The van der Waals surface area contributed by atoms with Crippen LogP contribution in [0.5, 0.6) is 0 Å². The van der Waals surface area contributed by atoms with Crippen molar-refractivity contribution in [3.63, 3.8) is 0 Å². The maximum Gasteiger partial charge on any atom is 0.319 e. The number of unbranched alkanes of at least 4 members (excludes halogenated alkanes) is 1. The van der Waals surface area contributed by atoms with E-state index >= 15 is 0 Å². The Morgan fingerprint density at radius 1 is 1.39 bits per heavy atom. The van der Waals surface area contributed by atoms with Crippen LogP contribution in [0.15, 0.2) is 30.3 Å². The number of ether oxygens (including phenoxy) is 2. The molecule has 0 heterocycles. The number of carbonyl (C=O) groups is 1. The average molecular weight is 248 g/mol. The van der Waals surface area contributed by atoms with Crippen LogP contribution < -0.4 is 0 Å². The molecule has 2 atom stereocenters. The molecule has 1 aromatic carbocycles. The van der Waals surface area contributed by atoms with Gasteiger partial charge in [0, 0.05) is 6.61 Å². The minimum Gasteiger partial charge on any atom is -0.468 e. The first-order valence-electron chi connectivity index (χ1n) is 6.51. The van der Waals surface area contributed by atoms with Crippen LogP contribution >= 0.6 is 0 Å². The quantitative estimate of drug-likeness (QED) is 0.573. The minimum absolute atomic E-state index is 0.0288. The van der Waals surface area contributed by atoms with Crippen LogP contribution in [0.4, 0.5) is 0 Å². The first-order chi connectivity index (χ1) is 8.75. The highest BCUT2D eigenvalue weighted by Gasteiger charge is 2.63. The SMILES string of the molecule is CCCCO[C@@H]1C[C@]1(C(=O)OC)c1ccccc1. The molecule has 98 valence electrons. The Balaban J connectivity index is 2.11. The number of esters is 1. The Bertz CT molecular complexity index is 401. The zero-order valence-corrected chi connectivity index (χ0v) is 11.0. The number of carbonyl (C=O) groups excluding carboxylic acids is 1. The highest BCUT2D eigenvalue weighted by molar-refractivity contribution is 5.88. The van der Waals surface area contributed by atoms with Crippen molar-refractivity contribution >= 4 is 5.97 Å². The largest absolute Gasteiger partial charge is 0.468 e. The Hall–Kier alpha value is -1.35. The lowest BCUT2D eigenvalue weighted by molar-refractivity contribution is -0.145. The normalized spacial score (nSPS) is 25.8. The summed E-state index contributed by atoms with van der Waals surface area (Å²) in [5.74, 6) is -0.185. The molecule has 18 heavy (non-hydrogen) atoms. The molecule has 0 amide bonds. The van der Waals surface area contributed by atoms with Crippen LogP contribution in [0.1, 0.15) is 31.7 Å². The van der Waals surface area contributed by atoms with Gasteiger partial charge in [-0.15, -0.1) is 0 Å². The molecule has 1 saturated carbocycles. The van der Waals surface area contributed by atoms with E-state index in [0.29, 0.717) is 6.61 Å². The second-order valence-corrected chi connectivity index (χ2v) is 4.75. The Morgan fingerprint density at radius 2 is 2.11 bits per heavy atom. The van der Waals surface area contributed by atoms with Crippen LogP contribution in [0, 0.1) is 0 Å². The lowest BCUT2D eigenvalue weighted by Crippen LogP contribution is -2.27. The highest BCUT2D eigenvalue weighted by atomic mass is 16.5. The van der Waals surface area contributed by atoms with E-state index in [1.165, 1.54) is 7.11 Å². The summed E-state index contributed by atoms with van der Waals surface area (Å²) in [5.41, 5.74) is 0.433. The van der Waals surface area contributed by atoms with Gasteiger partial charge in [0.2, 0.25) is 0 Å². The molecule has 0 aromatic heterocycles. The second-order valence-electron chi connectivity index (χ2n) is 4.75. The van der Waals surface area contributed by atoms with Crippen molar-refractivity contribution in [1.82, 2.24) is 0 Å². The van der Waals surface area contributed by atoms with Gasteiger partial charge in [-0.2, -0.15) is 0 Å². The van der Waals surface area contributed by atoms with Crippen LogP contribution in [-0.2, 0) is 19.7 Å². The van der Waals surface area contributed by atoms with Gasteiger partial charge in [0.15, 0.2) is 0 Å². The third-order valence-electron chi connectivity index (χ3n) is 3.55. The van der Waals surface area contributed by atoms with Crippen LogP contribution in [0.3, 0.4) is 0 Å². The zero-order valence-electron chi connectivity index (χ0n) is 11.0. The summed E-state index contributed by atoms with van der Waals surface area (Å²) < 4.78 is 10.7. The first-order valence-corrected chi connectivity index (χ1v) is 6.51. The van der Waals surface area contributed by atoms with Crippen LogP contribution in [0.2, 0.25) is 0 Å². The maximum atomic E-state index is 12.0. The molecule has 3 nitrogen and oxygen atoms in total. The highest BCUT2D eigenvalue weighted by Crippen LogP contribution is 2.51. The van der Waals surface area contributed by atoms with Crippen molar-refractivity contribution in [2.75, 3.05) is 13.7 Å². The van der Waals surface area contributed by atoms with Crippen LogP contribution in [-0.4, -0.2) is 25.8 Å². The molecule has 3 heteroatoms. The molecular formula is C15H20O3. The fraction of sp³-hybridized carbons (Fsp3) is 0.533. The van der Waals surface area contributed by atoms with E-state index in [4.69, 9.17) is 9.47 Å². The molecular weight excluding hydrogens is 228 g/mol. The van der Waals surface area contributed by atoms with Crippen molar-refractivity contribution in [1.29, 1.82) is 0 Å². The summed E-state index contributed by atoms with van der Waals surface area (Å²) in [7, 11) is 1.44. The molecule has 0 radical (unpaired) electrons. The van der Waals surface area contributed by atoms with E-state index in [-0.39, 0.29) is 12.1 Å². The van der Waals surface area contributed by atoms with Crippen molar-refractivity contribution < 1.29 is 14.3 Å². The molecule has 0 N–H and O–H groups in total. The van der Waals surface area contributed by atoms with Crippen molar-refractivity contribution in [2.24, 2.45) is 0 Å². The molecule has 0 spiro atoms. The monoisotopic (exact) mass is 248 g/mol. The number of rotatable bonds is 6. The molecule has 1 fully saturated rings. The molecule has 1 aromatic rings. The van der Waals surface area contributed by atoms with Crippen molar-refractivity contribution in [2.45, 2.75) is 37.7 Å². The summed E-state index contributed by atoms with van der Waals surface area (Å²) >= 11 is 0. The first kappa shape index (κ1) is 13.1. The average Bonchev–Trinajstić information content (AvgIpc) is 3.15. The van der Waals surface area contributed by atoms with Gasteiger partial charge in [0.1, 0.15) is 5.41 Å². The number of methoxy groups -OCH3 is 1. The lowest BCUT2D eigenvalue weighted by Gasteiger charge is -2.15. The summed E-state index contributed by atoms with van der Waals surface area (Å²) in [6.07, 6.45) is 2.83. The fourth-order valence-electron chi connectivity index (χ4n) is 2.36. The van der Waals surface area contributed by atoms with Gasteiger partial charge in [0.05, 0.1) is 13.2 Å². The van der Waals surface area contributed by atoms with Crippen LogP contribution in [0.25, 0.3) is 0 Å². The van der Waals surface area contributed by atoms with Gasteiger partial charge in [-0.05, 0) is 18.4 Å². The van der Waals surface area contributed by atoms with Gasteiger partial charge in [0.25, 0.3) is 0 Å². The predicted octanol–water partition coefficient (Wildman–Crippen LogP) is 2.69. The summed E-state index contributed by atoms with van der Waals surface area (Å²) in [4.78, 5) is 12.0. The molecule has 0 bridgehead atoms. The fourth-order valence-corrected chi connectivity index (χ4v) is 2.36. The van der Waals surface area contributed by atoms with Gasteiger partial charge in [-0.1, -0.05) is 43.7 Å². The molecule has 0 saturated heterocycles. The standard InChI is InChI=1S/C15H20O3/c1-3-4-10-18-13-11-15(13,14(16)17-2)12-8-6-5-7-9-12/h5-9,13H,3-4,10-11H2,1-2H3/t13-,15+/m1/s1. The Labute approximate surface area is 108 Å². The summed E-state index contributed by atoms with van der Waals surface area (Å²) in [5, 5.41) is 0. The van der Waals surface area contributed by atoms with E-state index in [1.54, 1.807) is 0 Å². The van der Waals surface area contributed by atoms with E-state index in [0.717, 1.165) is 24.8 Å². The minimum atomic E-state index is -0.566. The third-order valence-corrected chi connectivity index (χ3v) is 3.55. The molecule has 1 aliphatic rings. The third kappa shape index (κ3) is 2.27. The smallest absolute Gasteiger partial charge is 0.319 e. The van der Waals surface area contributed by atoms with E-state index < -0.39 is 5.41 Å². The van der Waals surface area contributed by atoms with E-state index in [2.05, 4.69) is 6.92 Å². The summed E-state index contributed by atoms with van der Waals surface area (Å²) in [6.45, 7) is 2.84. The van der Waals surface area contributed by atoms with E-state index in [9.17, 15) is 4.79 Å². The summed E-state index contributed by atoms with van der Waals surface area (Å²) in [6, 6.07) is 9.78. The zero-order chi connectivity index (χ0) is 13.0. The van der Waals surface area contributed by atoms with Gasteiger partial charge in [-0.3, -0.25) is 4.79 Å². The van der Waals surface area contributed by atoms with E-state index in [1.807, 2.05) is 30.3 Å². The Kier molecular flexibility index (Phi) is 4.02. The number of hydrogen-bond donors (Lipinski definition) is 0. The molecule has 0 aliphatic heterocycles. The second kappa shape index (κ2) is 5.53. The number of hydrogen-bond acceptors (Lipinski definition) is 3.